The van der Waals surface area contributed by atoms with Crippen LogP contribution in [0.3, 0.4) is 0 Å². The first-order valence-corrected chi connectivity index (χ1v) is 7.11. The lowest BCUT2D eigenvalue weighted by atomic mass is 9.94. The Balaban J connectivity index is 0.000000251. The molecule has 0 radical (unpaired) electrons. The number of hydrogen-bond acceptors (Lipinski definition) is 8. The molecule has 1 aromatic carbocycles. The van der Waals surface area contributed by atoms with Crippen LogP contribution in [0.2, 0.25) is 0 Å². The average molecular weight is 345 g/mol. The molecular formula is C17H19N3O5. The van der Waals surface area contributed by atoms with Crippen molar-refractivity contribution in [3.05, 3.63) is 53.3 Å². The Morgan fingerprint density at radius 3 is 2.44 bits per heavy atom. The maximum Gasteiger partial charge on any atom is 0.342 e. The Labute approximate surface area is 144 Å². The van der Waals surface area contributed by atoms with Crippen LogP contribution >= 0.6 is 0 Å². The zero-order valence-electron chi connectivity index (χ0n) is 13.9. The summed E-state index contributed by atoms with van der Waals surface area (Å²) in [6.07, 6.45) is 4.58. The molecule has 1 aliphatic rings. The molecule has 1 aromatic rings. The summed E-state index contributed by atoms with van der Waals surface area (Å²) in [5.41, 5.74) is 10.9. The fraction of sp³-hybridized carbons (Fsp3) is 0.235. The van der Waals surface area contributed by atoms with Crippen LogP contribution in [0.4, 0.5) is 5.69 Å². The minimum atomic E-state index is -1.53. The first-order chi connectivity index (χ1) is 11.8. The molecule has 8 nitrogen and oxygen atoms in total. The summed E-state index contributed by atoms with van der Waals surface area (Å²) in [7, 11) is 2.51. The number of benzene rings is 1. The van der Waals surface area contributed by atoms with Crippen molar-refractivity contribution in [3.8, 4) is 6.07 Å². The maximum atomic E-state index is 11.0. The second-order valence-corrected chi connectivity index (χ2v) is 5.06. The first-order valence-electron chi connectivity index (χ1n) is 7.11. The molecule has 8 heteroatoms. The number of anilines is 1. The molecular weight excluding hydrogens is 326 g/mol. The molecule has 0 saturated carbocycles. The number of carbonyl (C=O) groups is 2. The lowest BCUT2D eigenvalue weighted by molar-refractivity contribution is -0.157. The van der Waals surface area contributed by atoms with Gasteiger partial charge in [-0.2, -0.15) is 5.26 Å². The number of esters is 2. The monoisotopic (exact) mass is 345 g/mol. The third-order valence-corrected chi connectivity index (χ3v) is 3.33. The molecule has 2 rings (SSSR count). The second kappa shape index (κ2) is 8.52. The van der Waals surface area contributed by atoms with Gasteiger partial charge >= 0.3 is 11.9 Å². The van der Waals surface area contributed by atoms with E-state index in [-0.39, 0.29) is 12.0 Å². The van der Waals surface area contributed by atoms with Crippen LogP contribution in [0, 0.1) is 11.3 Å². The number of aliphatic hydroxyl groups is 1. The van der Waals surface area contributed by atoms with Crippen LogP contribution in [0.25, 0.3) is 0 Å². The van der Waals surface area contributed by atoms with Gasteiger partial charge in [-0.25, -0.2) is 9.59 Å². The predicted molar refractivity (Wildman–Crippen MR) is 89.9 cm³/mol. The van der Waals surface area contributed by atoms with E-state index in [1.807, 2.05) is 6.07 Å². The molecule has 25 heavy (non-hydrogen) atoms. The molecule has 1 unspecified atom stereocenters. The highest BCUT2D eigenvalue weighted by molar-refractivity contribution is 5.90. The molecule has 0 spiro atoms. The predicted octanol–water partition coefficient (Wildman–Crippen LogP) is 0.620. The molecule has 132 valence electrons. The molecule has 0 bridgehead atoms. The van der Waals surface area contributed by atoms with Crippen molar-refractivity contribution in [2.24, 2.45) is 5.73 Å². The van der Waals surface area contributed by atoms with Crippen LogP contribution in [-0.4, -0.2) is 36.9 Å². The molecule has 0 heterocycles. The molecule has 0 saturated heterocycles. The SMILES string of the molecule is COC(=O)C1(O)C=CC(N)=CC1.COC(=O)c1ccc(N)c(C#N)c1. The van der Waals surface area contributed by atoms with E-state index in [0.29, 0.717) is 16.9 Å². The standard InChI is InChI=1S/C9H8N2O2.C8H11NO3/c1-13-9(12)6-2-3-8(11)7(4-6)5-10;1-12-7(10)8(11)4-2-6(9)3-5-8/h2-4H,11H2,1H3;2-4,11H,5,9H2,1H3. The zero-order valence-corrected chi connectivity index (χ0v) is 13.9. The number of hydrogen-bond donors (Lipinski definition) is 3. The molecule has 1 atom stereocenters. The normalized spacial score (nSPS) is 18.1. The number of nitrogen functional groups attached to an aromatic ring is 1. The fourth-order valence-electron chi connectivity index (χ4n) is 1.87. The summed E-state index contributed by atoms with van der Waals surface area (Å²) in [6.45, 7) is 0. The van der Waals surface area contributed by atoms with E-state index in [9.17, 15) is 14.7 Å². The van der Waals surface area contributed by atoms with Gasteiger partial charge in [0.05, 0.1) is 25.3 Å². The van der Waals surface area contributed by atoms with E-state index in [1.165, 1.54) is 44.6 Å². The highest BCUT2D eigenvalue weighted by atomic mass is 16.5. The summed E-state index contributed by atoms with van der Waals surface area (Å²) in [5.74, 6) is -1.14. The topological polar surface area (TPSA) is 149 Å². The van der Waals surface area contributed by atoms with Crippen molar-refractivity contribution in [1.29, 1.82) is 5.26 Å². The Morgan fingerprint density at radius 1 is 1.28 bits per heavy atom. The van der Waals surface area contributed by atoms with E-state index in [4.69, 9.17) is 16.7 Å². The van der Waals surface area contributed by atoms with Gasteiger partial charge in [0.25, 0.3) is 0 Å². The van der Waals surface area contributed by atoms with Gasteiger partial charge in [0.1, 0.15) is 6.07 Å². The quantitative estimate of drug-likeness (QED) is 0.521. The van der Waals surface area contributed by atoms with Gasteiger partial charge < -0.3 is 26.0 Å². The molecule has 0 fully saturated rings. The van der Waals surface area contributed by atoms with Crippen LogP contribution < -0.4 is 11.5 Å². The average Bonchev–Trinajstić information content (AvgIpc) is 2.63. The summed E-state index contributed by atoms with van der Waals surface area (Å²) < 4.78 is 8.90. The van der Waals surface area contributed by atoms with Crippen LogP contribution in [-0.2, 0) is 14.3 Å². The number of nitrogens with two attached hydrogens (primary N) is 2. The Morgan fingerprint density at radius 2 is 1.96 bits per heavy atom. The Kier molecular flexibility index (Phi) is 6.72. The van der Waals surface area contributed by atoms with Gasteiger partial charge in [-0.05, 0) is 30.4 Å². The van der Waals surface area contributed by atoms with Gasteiger partial charge in [0.2, 0.25) is 0 Å². The molecule has 5 N–H and O–H groups in total. The maximum absolute atomic E-state index is 11.0. The van der Waals surface area contributed by atoms with Gasteiger partial charge in [-0.1, -0.05) is 6.08 Å². The van der Waals surface area contributed by atoms with Crippen LogP contribution in [0.15, 0.2) is 42.1 Å². The Hall–Kier alpha value is -3.31. The van der Waals surface area contributed by atoms with Crippen LogP contribution in [0.1, 0.15) is 22.3 Å². The smallest absolute Gasteiger partial charge is 0.342 e. The summed E-state index contributed by atoms with van der Waals surface area (Å²) >= 11 is 0. The van der Waals surface area contributed by atoms with Gasteiger partial charge in [-0.15, -0.1) is 0 Å². The fourth-order valence-corrected chi connectivity index (χ4v) is 1.87. The number of methoxy groups -OCH3 is 2. The number of rotatable bonds is 2. The lowest BCUT2D eigenvalue weighted by Crippen LogP contribution is -2.38. The highest BCUT2D eigenvalue weighted by Gasteiger charge is 2.34. The van der Waals surface area contributed by atoms with Crippen molar-refractivity contribution in [2.45, 2.75) is 12.0 Å². The first kappa shape index (κ1) is 19.7. The van der Waals surface area contributed by atoms with Crippen molar-refractivity contribution < 1.29 is 24.2 Å². The van der Waals surface area contributed by atoms with E-state index < -0.39 is 17.5 Å². The highest BCUT2D eigenvalue weighted by Crippen LogP contribution is 2.20. The third-order valence-electron chi connectivity index (χ3n) is 3.33. The number of nitriles is 1. The van der Waals surface area contributed by atoms with Crippen molar-refractivity contribution >= 4 is 17.6 Å². The van der Waals surface area contributed by atoms with Gasteiger partial charge in [0.15, 0.2) is 5.60 Å². The minimum absolute atomic E-state index is 0.169. The lowest BCUT2D eigenvalue weighted by Gasteiger charge is -2.22. The van der Waals surface area contributed by atoms with Crippen molar-refractivity contribution in [3.63, 3.8) is 0 Å². The van der Waals surface area contributed by atoms with Crippen molar-refractivity contribution in [2.75, 3.05) is 20.0 Å². The second-order valence-electron chi connectivity index (χ2n) is 5.06. The summed E-state index contributed by atoms with van der Waals surface area (Å²) in [6, 6.07) is 6.31. The van der Waals surface area contributed by atoms with Crippen LogP contribution in [0.5, 0.6) is 0 Å². The van der Waals surface area contributed by atoms with E-state index >= 15 is 0 Å². The number of ether oxygens (including phenoxy) is 2. The number of carbonyl (C=O) groups excluding carboxylic acids is 2. The number of allylic oxidation sites excluding steroid dienone is 1. The van der Waals surface area contributed by atoms with E-state index in [0.717, 1.165) is 0 Å². The Bertz CT molecular complexity index is 764. The number of nitrogens with zero attached hydrogens (tertiary/aromatic N) is 1. The van der Waals surface area contributed by atoms with Gasteiger partial charge in [-0.3, -0.25) is 0 Å². The molecule has 1 aliphatic carbocycles. The molecule has 0 aliphatic heterocycles. The molecule has 0 aromatic heterocycles. The van der Waals surface area contributed by atoms with E-state index in [1.54, 1.807) is 6.08 Å². The third kappa shape index (κ3) is 5.09. The summed E-state index contributed by atoms with van der Waals surface area (Å²) in [4.78, 5) is 22.0. The van der Waals surface area contributed by atoms with Crippen molar-refractivity contribution in [1.82, 2.24) is 0 Å². The summed E-state index contributed by atoms with van der Waals surface area (Å²) in [5, 5.41) is 18.2. The molecule has 0 amide bonds. The van der Waals surface area contributed by atoms with E-state index in [2.05, 4.69) is 9.47 Å². The van der Waals surface area contributed by atoms with Gasteiger partial charge in [0, 0.05) is 17.8 Å². The zero-order chi connectivity index (χ0) is 19.0. The largest absolute Gasteiger partial charge is 0.467 e. The minimum Gasteiger partial charge on any atom is -0.467 e.